The number of anilines is 3. The minimum atomic E-state index is 0.508. The van der Waals surface area contributed by atoms with Crippen LogP contribution in [0.15, 0.2) is 108 Å². The van der Waals surface area contributed by atoms with E-state index in [2.05, 4.69) is 53.4 Å². The fourth-order valence-electron chi connectivity index (χ4n) is 4.33. The highest BCUT2D eigenvalue weighted by molar-refractivity contribution is 6.44. The first-order valence-corrected chi connectivity index (χ1v) is 11.1. The predicted octanol–water partition coefficient (Wildman–Crippen LogP) is 9.52. The lowest BCUT2D eigenvalue weighted by Crippen LogP contribution is -2.10. The summed E-state index contributed by atoms with van der Waals surface area (Å²) < 4.78 is 6.29. The fraction of sp³-hybridized carbons (Fsp3) is 0. The van der Waals surface area contributed by atoms with Gasteiger partial charge >= 0.3 is 0 Å². The first-order valence-electron chi connectivity index (χ1n) is 10.3. The zero-order valence-electron chi connectivity index (χ0n) is 16.9. The summed E-state index contributed by atoms with van der Waals surface area (Å²) in [6.45, 7) is 0. The van der Waals surface area contributed by atoms with Gasteiger partial charge in [-0.2, -0.15) is 0 Å². The van der Waals surface area contributed by atoms with Crippen LogP contribution in [0.1, 0.15) is 0 Å². The van der Waals surface area contributed by atoms with Crippen LogP contribution in [0, 0.1) is 0 Å². The van der Waals surface area contributed by atoms with Gasteiger partial charge in [-0.1, -0.05) is 77.8 Å². The lowest BCUT2D eigenvalue weighted by atomic mass is 10.0. The molecule has 0 spiro atoms. The molecule has 1 heterocycles. The highest BCUT2D eigenvalue weighted by Gasteiger charge is 2.21. The van der Waals surface area contributed by atoms with Crippen molar-refractivity contribution in [1.29, 1.82) is 0 Å². The molecule has 154 valence electrons. The summed E-state index contributed by atoms with van der Waals surface area (Å²) in [7, 11) is 0. The number of hydrogen-bond donors (Lipinski definition) is 0. The Kier molecular flexibility index (Phi) is 4.57. The topological polar surface area (TPSA) is 16.4 Å². The van der Waals surface area contributed by atoms with E-state index in [1.165, 1.54) is 5.39 Å². The van der Waals surface area contributed by atoms with Crippen LogP contribution >= 0.6 is 23.2 Å². The Labute approximate surface area is 195 Å². The van der Waals surface area contributed by atoms with Gasteiger partial charge in [0.2, 0.25) is 0 Å². The summed E-state index contributed by atoms with van der Waals surface area (Å²) in [5.41, 5.74) is 4.46. The van der Waals surface area contributed by atoms with Crippen LogP contribution in [0.4, 0.5) is 17.1 Å². The van der Waals surface area contributed by atoms with Crippen LogP contribution in [0.5, 0.6) is 0 Å². The van der Waals surface area contributed by atoms with Gasteiger partial charge < -0.3 is 9.32 Å². The van der Waals surface area contributed by atoms with E-state index in [0.717, 1.165) is 44.4 Å². The van der Waals surface area contributed by atoms with E-state index < -0.39 is 0 Å². The molecule has 0 amide bonds. The molecule has 32 heavy (non-hydrogen) atoms. The molecule has 0 bridgehead atoms. The van der Waals surface area contributed by atoms with Crippen molar-refractivity contribution in [2.24, 2.45) is 0 Å². The van der Waals surface area contributed by atoms with Crippen LogP contribution in [0.25, 0.3) is 32.7 Å². The lowest BCUT2D eigenvalue weighted by molar-refractivity contribution is 0.669. The van der Waals surface area contributed by atoms with Gasteiger partial charge in [0.1, 0.15) is 11.2 Å². The number of para-hydroxylation sites is 1. The zero-order valence-corrected chi connectivity index (χ0v) is 18.4. The first-order chi connectivity index (χ1) is 15.7. The SMILES string of the molecule is Clc1cccc(N(c2ccccc2)c2cccc3oc4cc5ccccc5cc4c23)c1Cl. The third-order valence-electron chi connectivity index (χ3n) is 5.77. The molecular formula is C28H17Cl2NO. The largest absolute Gasteiger partial charge is 0.456 e. The standard InChI is InChI=1S/C28H17Cl2NO/c29-22-12-6-14-24(28(22)30)31(20-10-2-1-3-11-20)23-13-7-15-25-27(23)21-16-18-8-4-5-9-19(18)17-26(21)32-25/h1-17H. The lowest BCUT2D eigenvalue weighted by Gasteiger charge is -2.27. The minimum absolute atomic E-state index is 0.508. The summed E-state index contributed by atoms with van der Waals surface area (Å²) in [5.74, 6) is 0. The van der Waals surface area contributed by atoms with Crippen LogP contribution < -0.4 is 4.90 Å². The molecule has 0 N–H and O–H groups in total. The van der Waals surface area contributed by atoms with Gasteiger partial charge in [0.25, 0.3) is 0 Å². The molecule has 0 aliphatic carbocycles. The van der Waals surface area contributed by atoms with Gasteiger partial charge in [-0.25, -0.2) is 0 Å². The quantitative estimate of drug-likeness (QED) is 0.265. The van der Waals surface area contributed by atoms with Crippen molar-refractivity contribution in [1.82, 2.24) is 0 Å². The van der Waals surface area contributed by atoms with Crippen molar-refractivity contribution < 1.29 is 4.42 Å². The molecule has 0 atom stereocenters. The third kappa shape index (κ3) is 3.03. The number of fused-ring (bicyclic) bond motifs is 4. The predicted molar refractivity (Wildman–Crippen MR) is 136 cm³/mol. The van der Waals surface area contributed by atoms with E-state index in [9.17, 15) is 0 Å². The maximum Gasteiger partial charge on any atom is 0.137 e. The normalized spacial score (nSPS) is 11.4. The van der Waals surface area contributed by atoms with Crippen molar-refractivity contribution in [3.05, 3.63) is 113 Å². The van der Waals surface area contributed by atoms with E-state index in [1.54, 1.807) is 6.07 Å². The van der Waals surface area contributed by atoms with Gasteiger partial charge in [0.05, 0.1) is 26.8 Å². The van der Waals surface area contributed by atoms with E-state index in [-0.39, 0.29) is 0 Å². The van der Waals surface area contributed by atoms with Gasteiger partial charge in [0.15, 0.2) is 0 Å². The van der Waals surface area contributed by atoms with Gasteiger partial charge in [-0.15, -0.1) is 0 Å². The molecule has 6 aromatic rings. The van der Waals surface area contributed by atoms with Crippen molar-refractivity contribution in [3.63, 3.8) is 0 Å². The molecule has 1 aromatic heterocycles. The van der Waals surface area contributed by atoms with Crippen LogP contribution in [0.3, 0.4) is 0 Å². The molecular weight excluding hydrogens is 437 g/mol. The Bertz CT molecular complexity index is 1600. The van der Waals surface area contributed by atoms with Crippen molar-refractivity contribution in [2.45, 2.75) is 0 Å². The molecule has 5 aromatic carbocycles. The number of halogens is 2. The van der Waals surface area contributed by atoms with Crippen LogP contribution in [-0.2, 0) is 0 Å². The summed E-state index contributed by atoms with van der Waals surface area (Å²) in [6.07, 6.45) is 0. The highest BCUT2D eigenvalue weighted by atomic mass is 35.5. The van der Waals surface area contributed by atoms with Crippen molar-refractivity contribution in [2.75, 3.05) is 4.90 Å². The van der Waals surface area contributed by atoms with Crippen molar-refractivity contribution >= 4 is 73.0 Å². The smallest absolute Gasteiger partial charge is 0.137 e. The van der Waals surface area contributed by atoms with Gasteiger partial charge in [0, 0.05) is 11.1 Å². The molecule has 0 aliphatic rings. The van der Waals surface area contributed by atoms with E-state index >= 15 is 0 Å². The molecule has 0 saturated heterocycles. The molecule has 4 heteroatoms. The van der Waals surface area contributed by atoms with Crippen LogP contribution in [0.2, 0.25) is 10.0 Å². The Morgan fingerprint density at radius 3 is 2.09 bits per heavy atom. The number of furan rings is 1. The molecule has 0 aliphatic heterocycles. The Hall–Kier alpha value is -3.46. The second kappa shape index (κ2) is 7.59. The Morgan fingerprint density at radius 1 is 0.594 bits per heavy atom. The van der Waals surface area contributed by atoms with E-state index in [4.69, 9.17) is 27.6 Å². The molecule has 0 saturated carbocycles. The summed E-state index contributed by atoms with van der Waals surface area (Å²) in [5, 5.41) is 5.44. The van der Waals surface area contributed by atoms with E-state index in [1.807, 2.05) is 48.5 Å². The number of nitrogens with zero attached hydrogens (tertiary/aromatic N) is 1. The monoisotopic (exact) mass is 453 g/mol. The Morgan fingerprint density at radius 2 is 1.28 bits per heavy atom. The molecule has 6 rings (SSSR count). The summed E-state index contributed by atoms with van der Waals surface area (Å²) in [4.78, 5) is 2.14. The van der Waals surface area contributed by atoms with Gasteiger partial charge in [-0.05, 0) is 59.3 Å². The first kappa shape index (κ1) is 19.2. The molecule has 2 nitrogen and oxygen atoms in total. The minimum Gasteiger partial charge on any atom is -0.456 e. The molecule has 0 radical (unpaired) electrons. The number of rotatable bonds is 3. The average molecular weight is 454 g/mol. The fourth-order valence-corrected chi connectivity index (χ4v) is 4.71. The van der Waals surface area contributed by atoms with Crippen molar-refractivity contribution in [3.8, 4) is 0 Å². The maximum atomic E-state index is 6.71. The third-order valence-corrected chi connectivity index (χ3v) is 6.58. The average Bonchev–Trinajstić information content (AvgIpc) is 3.19. The maximum absolute atomic E-state index is 6.71. The van der Waals surface area contributed by atoms with E-state index in [0.29, 0.717) is 10.0 Å². The summed E-state index contributed by atoms with van der Waals surface area (Å²) in [6, 6.07) is 34.6. The summed E-state index contributed by atoms with van der Waals surface area (Å²) >= 11 is 13.1. The number of benzene rings is 5. The second-order valence-corrected chi connectivity index (χ2v) is 8.48. The highest BCUT2D eigenvalue weighted by Crippen LogP contribution is 2.46. The van der Waals surface area contributed by atoms with Gasteiger partial charge in [-0.3, -0.25) is 0 Å². The molecule has 0 unspecified atom stereocenters. The second-order valence-electron chi connectivity index (χ2n) is 7.69. The zero-order chi connectivity index (χ0) is 21.7. The van der Waals surface area contributed by atoms with Crippen LogP contribution in [-0.4, -0.2) is 0 Å². The molecule has 0 fully saturated rings. The number of hydrogen-bond acceptors (Lipinski definition) is 2. The Balaban J connectivity index is 1.71.